The van der Waals surface area contributed by atoms with E-state index in [1.165, 1.54) is 5.56 Å². The van der Waals surface area contributed by atoms with Crippen LogP contribution in [0.1, 0.15) is 27.9 Å². The number of amides is 1. The Morgan fingerprint density at radius 2 is 1.86 bits per heavy atom. The molecule has 2 aromatic carbocycles. The number of rotatable bonds is 3. The first kappa shape index (κ1) is 19.4. The van der Waals surface area contributed by atoms with Crippen LogP contribution in [-0.2, 0) is 6.54 Å². The molecule has 29 heavy (non-hydrogen) atoms. The van der Waals surface area contributed by atoms with Gasteiger partial charge in [-0.15, -0.1) is 0 Å². The van der Waals surface area contributed by atoms with Gasteiger partial charge >= 0.3 is 0 Å². The van der Waals surface area contributed by atoms with Crippen molar-refractivity contribution in [2.45, 2.75) is 13.0 Å². The Labute approximate surface area is 175 Å². The third-order valence-corrected chi connectivity index (χ3v) is 5.48. The third kappa shape index (κ3) is 4.56. The number of benzene rings is 2. The fourth-order valence-corrected chi connectivity index (χ4v) is 3.85. The first-order valence-electron chi connectivity index (χ1n) is 9.69. The number of halogens is 1. The second-order valence-corrected chi connectivity index (χ2v) is 7.66. The summed E-state index contributed by atoms with van der Waals surface area (Å²) in [5, 5.41) is 10.3. The van der Waals surface area contributed by atoms with Crippen molar-refractivity contribution in [3.8, 4) is 6.07 Å². The van der Waals surface area contributed by atoms with Crippen molar-refractivity contribution < 1.29 is 4.79 Å². The molecule has 1 aliphatic heterocycles. The average molecular weight is 405 g/mol. The number of nitrogens with zero attached hydrogens (tertiary/aromatic N) is 4. The van der Waals surface area contributed by atoms with E-state index in [0.717, 1.165) is 43.5 Å². The monoisotopic (exact) mass is 404 g/mol. The van der Waals surface area contributed by atoms with Crippen LogP contribution in [0.2, 0.25) is 5.15 Å². The second-order valence-electron chi connectivity index (χ2n) is 7.27. The molecule has 0 bridgehead atoms. The van der Waals surface area contributed by atoms with E-state index in [1.807, 2.05) is 53.4 Å². The lowest BCUT2D eigenvalue weighted by Crippen LogP contribution is -2.35. The Hall–Kier alpha value is -2.94. The molecule has 146 valence electrons. The molecular weight excluding hydrogens is 384 g/mol. The zero-order valence-corrected chi connectivity index (χ0v) is 16.8. The first-order valence-corrected chi connectivity index (χ1v) is 10.1. The largest absolute Gasteiger partial charge is 0.337 e. The second kappa shape index (κ2) is 8.60. The minimum atomic E-state index is 0.0575. The van der Waals surface area contributed by atoms with Gasteiger partial charge in [-0.2, -0.15) is 5.26 Å². The number of carbonyl (C=O) groups excluding carboxylic acids is 1. The lowest BCUT2D eigenvalue weighted by atomic mass is 10.1. The number of aromatic nitrogens is 1. The Kier molecular flexibility index (Phi) is 5.75. The van der Waals surface area contributed by atoms with Gasteiger partial charge in [0.15, 0.2) is 0 Å². The van der Waals surface area contributed by atoms with Crippen LogP contribution in [0.4, 0.5) is 0 Å². The Balaban J connectivity index is 1.41. The molecule has 0 N–H and O–H groups in total. The summed E-state index contributed by atoms with van der Waals surface area (Å²) in [5.74, 6) is 0.0575. The molecule has 0 unspecified atom stereocenters. The van der Waals surface area contributed by atoms with Crippen molar-refractivity contribution in [2.75, 3.05) is 26.2 Å². The molecule has 0 radical (unpaired) electrons. The molecule has 3 aromatic rings. The fraction of sp³-hybridized carbons (Fsp3) is 0.261. The van der Waals surface area contributed by atoms with Crippen molar-refractivity contribution in [1.29, 1.82) is 5.26 Å². The highest BCUT2D eigenvalue weighted by atomic mass is 35.5. The standard InChI is InChI=1S/C23H21ClN4O/c24-22-9-7-19-14-20(6-8-21(19)26-22)23(29)28-11-1-10-27(12-13-28)16-18-4-2-17(15-25)3-5-18/h2-9,14H,1,10-13,16H2. The molecule has 1 aromatic heterocycles. The van der Waals surface area contributed by atoms with E-state index in [2.05, 4.69) is 16.0 Å². The average Bonchev–Trinajstić information content (AvgIpc) is 2.99. The maximum absolute atomic E-state index is 13.0. The van der Waals surface area contributed by atoms with Crippen LogP contribution < -0.4 is 0 Å². The summed E-state index contributed by atoms with van der Waals surface area (Å²) in [6.07, 6.45) is 0.937. The predicted octanol–water partition coefficient (Wildman–Crippen LogP) is 4.11. The maximum Gasteiger partial charge on any atom is 0.253 e. The molecule has 6 heteroatoms. The zero-order valence-electron chi connectivity index (χ0n) is 16.0. The van der Waals surface area contributed by atoms with E-state index in [0.29, 0.717) is 22.8 Å². The van der Waals surface area contributed by atoms with E-state index < -0.39 is 0 Å². The normalized spacial score (nSPS) is 15.1. The van der Waals surface area contributed by atoms with E-state index in [-0.39, 0.29) is 5.91 Å². The van der Waals surface area contributed by atoms with Crippen LogP contribution in [0.3, 0.4) is 0 Å². The Morgan fingerprint density at radius 1 is 1.03 bits per heavy atom. The molecule has 1 fully saturated rings. The molecule has 0 saturated carbocycles. The molecule has 4 rings (SSSR count). The van der Waals surface area contributed by atoms with Crippen molar-refractivity contribution in [1.82, 2.24) is 14.8 Å². The summed E-state index contributed by atoms with van der Waals surface area (Å²) in [6, 6.07) is 19.1. The minimum Gasteiger partial charge on any atom is -0.337 e. The number of pyridine rings is 1. The molecular formula is C23H21ClN4O. The lowest BCUT2D eigenvalue weighted by molar-refractivity contribution is 0.0761. The predicted molar refractivity (Wildman–Crippen MR) is 114 cm³/mol. The molecule has 5 nitrogen and oxygen atoms in total. The van der Waals surface area contributed by atoms with Gasteiger partial charge < -0.3 is 4.90 Å². The minimum absolute atomic E-state index is 0.0575. The zero-order chi connectivity index (χ0) is 20.2. The molecule has 1 saturated heterocycles. The number of hydrogen-bond acceptors (Lipinski definition) is 4. The lowest BCUT2D eigenvalue weighted by Gasteiger charge is -2.22. The molecule has 1 aliphatic rings. The molecule has 0 spiro atoms. The van der Waals surface area contributed by atoms with E-state index in [9.17, 15) is 4.79 Å². The quantitative estimate of drug-likeness (QED) is 0.616. The van der Waals surface area contributed by atoms with Gasteiger partial charge in [0.05, 0.1) is 17.1 Å². The van der Waals surface area contributed by atoms with E-state index >= 15 is 0 Å². The highest BCUT2D eigenvalue weighted by molar-refractivity contribution is 6.29. The van der Waals surface area contributed by atoms with E-state index in [1.54, 1.807) is 6.07 Å². The van der Waals surface area contributed by atoms with Gasteiger partial charge in [0.2, 0.25) is 0 Å². The number of nitriles is 1. The van der Waals surface area contributed by atoms with Crippen molar-refractivity contribution in [2.24, 2.45) is 0 Å². The van der Waals surface area contributed by atoms with Crippen molar-refractivity contribution in [3.63, 3.8) is 0 Å². The number of hydrogen-bond donors (Lipinski definition) is 0. The van der Waals surface area contributed by atoms with Crippen molar-refractivity contribution >= 4 is 28.4 Å². The van der Waals surface area contributed by atoms with Gasteiger partial charge in [0, 0.05) is 43.7 Å². The van der Waals surface area contributed by atoms with Crippen LogP contribution in [0.5, 0.6) is 0 Å². The molecule has 2 heterocycles. The van der Waals surface area contributed by atoms with Gasteiger partial charge in [-0.05, 0) is 54.4 Å². The van der Waals surface area contributed by atoms with Gasteiger partial charge in [-0.1, -0.05) is 23.7 Å². The van der Waals surface area contributed by atoms with Gasteiger partial charge in [0.1, 0.15) is 5.15 Å². The maximum atomic E-state index is 13.0. The third-order valence-electron chi connectivity index (χ3n) is 5.27. The van der Waals surface area contributed by atoms with Crippen LogP contribution in [0, 0.1) is 11.3 Å². The Bertz CT molecular complexity index is 1070. The van der Waals surface area contributed by atoms with E-state index in [4.69, 9.17) is 16.9 Å². The summed E-state index contributed by atoms with van der Waals surface area (Å²) < 4.78 is 0. The number of carbonyl (C=O) groups is 1. The summed E-state index contributed by atoms with van der Waals surface area (Å²) in [6.45, 7) is 4.06. The van der Waals surface area contributed by atoms with Crippen LogP contribution in [-0.4, -0.2) is 46.9 Å². The first-order chi connectivity index (χ1) is 14.1. The topological polar surface area (TPSA) is 60.2 Å². The SMILES string of the molecule is N#Cc1ccc(CN2CCCN(C(=O)c3ccc4nc(Cl)ccc4c3)CC2)cc1. The molecule has 1 amide bonds. The molecule has 0 atom stereocenters. The highest BCUT2D eigenvalue weighted by Gasteiger charge is 2.20. The van der Waals surface area contributed by atoms with Gasteiger partial charge in [-0.3, -0.25) is 9.69 Å². The summed E-state index contributed by atoms with van der Waals surface area (Å²) >= 11 is 5.94. The summed E-state index contributed by atoms with van der Waals surface area (Å²) in [4.78, 5) is 21.6. The summed E-state index contributed by atoms with van der Waals surface area (Å²) in [7, 11) is 0. The summed E-state index contributed by atoms with van der Waals surface area (Å²) in [5.41, 5.74) is 3.33. The Morgan fingerprint density at radius 3 is 2.66 bits per heavy atom. The highest BCUT2D eigenvalue weighted by Crippen LogP contribution is 2.19. The van der Waals surface area contributed by atoms with Gasteiger partial charge in [0.25, 0.3) is 5.91 Å². The van der Waals surface area contributed by atoms with Crippen LogP contribution in [0.25, 0.3) is 10.9 Å². The fourth-order valence-electron chi connectivity index (χ4n) is 3.69. The van der Waals surface area contributed by atoms with Crippen LogP contribution >= 0.6 is 11.6 Å². The van der Waals surface area contributed by atoms with Crippen molar-refractivity contribution in [3.05, 3.63) is 76.4 Å². The number of fused-ring (bicyclic) bond motifs is 1. The smallest absolute Gasteiger partial charge is 0.253 e. The molecule has 0 aliphatic carbocycles. The van der Waals surface area contributed by atoms with Crippen LogP contribution in [0.15, 0.2) is 54.6 Å². The van der Waals surface area contributed by atoms with Gasteiger partial charge in [-0.25, -0.2) is 4.98 Å².